The van der Waals surface area contributed by atoms with Gasteiger partial charge in [-0.2, -0.15) is 4.99 Å². The van der Waals surface area contributed by atoms with Crippen LogP contribution >= 0.6 is 33.3 Å². The number of methoxy groups -OCH3 is 2. The number of carbonyl (C=O) groups excluding carboxylic acids is 4. The van der Waals surface area contributed by atoms with Crippen LogP contribution in [0.5, 0.6) is 11.5 Å². The first-order chi connectivity index (χ1) is 27.7. The van der Waals surface area contributed by atoms with Gasteiger partial charge in [-0.25, -0.2) is 14.5 Å². The minimum atomic E-state index is -1.74. The largest absolute Gasteiger partial charge is 0.609 e. The van der Waals surface area contributed by atoms with Gasteiger partial charge in [0.25, 0.3) is 0 Å². The number of hydrogen-bond donors (Lipinski definition) is 3. The maximum Gasteiger partial charge on any atom is 0.419 e. The van der Waals surface area contributed by atoms with Gasteiger partial charge in [-0.3, -0.25) is 14.6 Å². The predicted molar refractivity (Wildman–Crippen MR) is 223 cm³/mol. The summed E-state index contributed by atoms with van der Waals surface area (Å²) in [6.07, 6.45) is 4.96. The quantitative estimate of drug-likeness (QED) is 0.0762. The Kier molecular flexibility index (Phi) is 13.8. The number of amides is 3. The number of ether oxygens (including phenoxy) is 4. The first kappa shape index (κ1) is 43.5. The van der Waals surface area contributed by atoms with E-state index in [1.165, 1.54) is 67.4 Å². The molecule has 0 saturated carbocycles. The maximum atomic E-state index is 13.8. The number of fused-ring (bicyclic) bond motifs is 2. The van der Waals surface area contributed by atoms with Crippen molar-refractivity contribution in [3.05, 3.63) is 76.5 Å². The molecule has 2 saturated heterocycles. The van der Waals surface area contributed by atoms with E-state index in [0.717, 1.165) is 11.1 Å². The maximum absolute atomic E-state index is 13.8. The van der Waals surface area contributed by atoms with Gasteiger partial charge in [-0.05, 0) is 57.9 Å². The smallest absolute Gasteiger partial charge is 0.419 e. The second-order valence-corrected chi connectivity index (χ2v) is 20.0. The number of β-lactam (4-membered cyclic amide) rings is 1. The van der Waals surface area contributed by atoms with Crippen LogP contribution in [0, 0.1) is 13.8 Å². The molecular weight excluding hydrogens is 829 g/mol. The van der Waals surface area contributed by atoms with E-state index in [1.54, 1.807) is 26.5 Å². The van der Waals surface area contributed by atoms with E-state index in [1.807, 2.05) is 33.8 Å². The summed E-state index contributed by atoms with van der Waals surface area (Å²) in [6, 6.07) is 2.72. The molecule has 6 rings (SSSR count). The summed E-state index contributed by atoms with van der Waals surface area (Å²) in [7, 11) is 5.98. The zero-order valence-corrected chi connectivity index (χ0v) is 36.1. The lowest BCUT2D eigenvalue weighted by Gasteiger charge is -2.44. The van der Waals surface area contributed by atoms with Crippen molar-refractivity contribution in [2.45, 2.75) is 74.2 Å². The number of nitrogens with zero attached hydrogens (tertiary/aromatic N) is 4. The molecule has 3 amide bonds. The molecule has 16 nitrogen and oxygen atoms in total. The van der Waals surface area contributed by atoms with Gasteiger partial charge in [0.2, 0.25) is 11.8 Å². The Morgan fingerprint density at radius 3 is 2.48 bits per heavy atom. The zero-order valence-electron chi connectivity index (χ0n) is 32.8. The van der Waals surface area contributed by atoms with E-state index in [-0.39, 0.29) is 35.8 Å². The van der Waals surface area contributed by atoms with Gasteiger partial charge < -0.3 is 44.6 Å². The van der Waals surface area contributed by atoms with Gasteiger partial charge in [0.1, 0.15) is 54.0 Å². The first-order valence-electron chi connectivity index (χ1n) is 18.3. The van der Waals surface area contributed by atoms with Crippen molar-refractivity contribution in [2.24, 2.45) is 10.7 Å². The monoisotopic (exact) mass is 874 g/mol. The molecule has 2 aromatic rings. The first-order valence-corrected chi connectivity index (χ1v) is 23.0. The van der Waals surface area contributed by atoms with Gasteiger partial charge >= 0.3 is 17.2 Å². The van der Waals surface area contributed by atoms with E-state index in [9.17, 15) is 28.8 Å². The highest BCUT2D eigenvalue weighted by Crippen LogP contribution is 2.51. The number of thioether (sulfide) groups is 1. The summed E-state index contributed by atoms with van der Waals surface area (Å²) in [5.74, 6) is 0.742. The fourth-order valence-corrected chi connectivity index (χ4v) is 11.6. The van der Waals surface area contributed by atoms with E-state index in [0.29, 0.717) is 46.4 Å². The Balaban J connectivity index is 0.943. The lowest BCUT2D eigenvalue weighted by Crippen LogP contribution is -2.71. The summed E-state index contributed by atoms with van der Waals surface area (Å²) in [5.41, 5.74) is 9.33. The molecule has 2 fully saturated rings. The highest BCUT2D eigenvalue weighted by Gasteiger charge is 2.64. The number of rotatable bonds is 15. The number of allylic oxidation sites excluding steroid dienone is 1. The minimum Gasteiger partial charge on any atom is -0.609 e. The van der Waals surface area contributed by atoms with Crippen LogP contribution in [-0.4, -0.2) is 121 Å². The molecule has 3 aliphatic heterocycles. The predicted octanol–water partition coefficient (Wildman–Crippen LogP) is 3.83. The number of nitrogens with two attached hydrogens (primary N) is 1. The van der Waals surface area contributed by atoms with Crippen LogP contribution in [-0.2, 0) is 45.5 Å². The second kappa shape index (κ2) is 18.5. The summed E-state index contributed by atoms with van der Waals surface area (Å²) in [5, 5.41) is 11.9. The number of pyridine rings is 1. The number of nitrogens with one attached hydrogen (secondary N) is 1. The normalized spacial score (nSPS) is 22.7. The minimum absolute atomic E-state index is 0.0235. The van der Waals surface area contributed by atoms with E-state index >= 15 is 0 Å². The number of aromatic nitrogens is 1. The number of carbonyl (C=O) groups is 4. The van der Waals surface area contributed by atoms with E-state index in [2.05, 4.69) is 15.3 Å². The Morgan fingerprint density at radius 1 is 1.12 bits per heavy atom. The number of phenols is 1. The molecule has 58 heavy (non-hydrogen) atoms. The van der Waals surface area contributed by atoms with Gasteiger partial charge in [0, 0.05) is 50.8 Å². The average Bonchev–Trinajstić information content (AvgIpc) is 3.71. The van der Waals surface area contributed by atoms with Crippen LogP contribution in [0.2, 0.25) is 0 Å². The van der Waals surface area contributed by atoms with Crippen LogP contribution in [0.1, 0.15) is 48.7 Å². The number of esters is 1. The number of phenolic OH excluding ortho intramolecular Hbond substituents is 1. The van der Waals surface area contributed by atoms with Crippen molar-refractivity contribution in [2.75, 3.05) is 38.9 Å². The summed E-state index contributed by atoms with van der Waals surface area (Å²) in [4.78, 5) is 64.7. The molecule has 6 atom stereocenters. The van der Waals surface area contributed by atoms with Crippen molar-refractivity contribution in [3.8, 4) is 11.5 Å². The van der Waals surface area contributed by atoms with E-state index < -0.39 is 63.4 Å². The molecule has 4 N–H and O–H groups in total. The Morgan fingerprint density at radius 2 is 1.81 bits per heavy atom. The number of amidine groups is 1. The Bertz CT molecular complexity index is 2010. The molecule has 1 aromatic heterocycles. The van der Waals surface area contributed by atoms with Crippen molar-refractivity contribution in [1.29, 1.82) is 0 Å². The van der Waals surface area contributed by atoms with Gasteiger partial charge in [-0.15, -0.1) is 11.8 Å². The third-order valence-electron chi connectivity index (χ3n) is 9.95. The fourth-order valence-electron chi connectivity index (χ4n) is 7.01. The lowest BCUT2D eigenvalue weighted by atomic mass is 9.95. The summed E-state index contributed by atoms with van der Waals surface area (Å²) >= 11 is -0.331. The topological polar surface area (TPSA) is 218 Å². The standard InChI is InChI=1S/C38H46N6O10S4/c1-20-18-40-26(21(2)30(20)52-6)19-58(50)36-41-25-17-24(51-5)11-12-27(25)43(36)37(49)54-14-16-56-55-15-13-53-35(48)31-38(3,4)57-34-29(33(47)44(31)34)42-32(46)28(39)22-7-9-23(45)10-8-22/h7-11,17-18,27-29,31,34,45H,12-16,19,39H2,1-6H3,(H,42,46)/t27?,28?,29-,31?,34-,58?/m1/s1. The van der Waals surface area contributed by atoms with Crippen LogP contribution < -0.4 is 15.8 Å². The van der Waals surface area contributed by atoms with Crippen molar-refractivity contribution in [3.63, 3.8) is 0 Å². The molecule has 312 valence electrons. The number of benzene rings is 1. The molecule has 20 heteroatoms. The van der Waals surface area contributed by atoms with Crippen molar-refractivity contribution < 1.29 is 47.8 Å². The van der Waals surface area contributed by atoms with Crippen LogP contribution in [0.3, 0.4) is 0 Å². The summed E-state index contributed by atoms with van der Waals surface area (Å²) < 4.78 is 35.2. The van der Waals surface area contributed by atoms with Gasteiger partial charge in [-0.1, -0.05) is 33.7 Å². The van der Waals surface area contributed by atoms with Crippen LogP contribution in [0.15, 0.2) is 59.1 Å². The third kappa shape index (κ3) is 9.06. The zero-order chi connectivity index (χ0) is 41.9. The molecule has 0 radical (unpaired) electrons. The lowest BCUT2D eigenvalue weighted by molar-refractivity contribution is -0.164. The van der Waals surface area contributed by atoms with Crippen molar-refractivity contribution >= 4 is 73.6 Å². The number of aromatic hydroxyl groups is 1. The van der Waals surface area contributed by atoms with Gasteiger partial charge in [0.15, 0.2) is 5.75 Å². The molecule has 1 aromatic carbocycles. The van der Waals surface area contributed by atoms with Gasteiger partial charge in [0.05, 0.1) is 31.7 Å². The average molecular weight is 875 g/mol. The van der Waals surface area contributed by atoms with Crippen molar-refractivity contribution in [1.82, 2.24) is 20.1 Å². The Labute approximate surface area is 351 Å². The van der Waals surface area contributed by atoms with Crippen LogP contribution in [0.4, 0.5) is 4.79 Å². The Hall–Kier alpha value is -4.08. The molecule has 4 unspecified atom stereocenters. The molecule has 4 heterocycles. The molecular formula is C38H46N6O10S4. The fraction of sp³-hybridized carbons (Fsp3) is 0.474. The number of aliphatic imine (C=N–C) groups is 1. The molecule has 4 aliphatic rings. The molecule has 1 aliphatic carbocycles. The highest BCUT2D eigenvalue weighted by atomic mass is 33.1. The number of hydrogen-bond acceptors (Lipinski definition) is 16. The second-order valence-electron chi connectivity index (χ2n) is 14.2. The summed E-state index contributed by atoms with van der Waals surface area (Å²) in [6.45, 7) is 7.60. The number of aryl methyl sites for hydroxylation is 1. The highest BCUT2D eigenvalue weighted by molar-refractivity contribution is 8.76. The SMILES string of the molecule is COC1=CCC2C(=C1)N=C([S+]([O-])Cc1ncc(C)c(OC)c1C)N2C(=O)OCCSSCCOC(=O)C1N2C(=O)[C@@H](NC(=O)C(N)c3ccc(O)cc3)[C@H]2SC1(C)C. The third-order valence-corrected chi connectivity index (χ3v) is 15.1. The molecule has 0 bridgehead atoms. The van der Waals surface area contributed by atoms with Crippen LogP contribution in [0.25, 0.3) is 0 Å². The van der Waals surface area contributed by atoms with E-state index in [4.69, 9.17) is 24.7 Å². The molecule has 0 spiro atoms.